The molecule has 3 rings (SSSR count). The molecule has 0 spiro atoms. The summed E-state index contributed by atoms with van der Waals surface area (Å²) < 4.78 is 17.9. The van der Waals surface area contributed by atoms with Crippen molar-refractivity contribution in [2.75, 3.05) is 33.3 Å². The summed E-state index contributed by atoms with van der Waals surface area (Å²) in [7, 11) is 1.37. The van der Waals surface area contributed by atoms with E-state index in [1.54, 1.807) is 11.0 Å². The lowest BCUT2D eigenvalue weighted by atomic mass is 10.2. The second-order valence-electron chi connectivity index (χ2n) is 5.58. The van der Waals surface area contributed by atoms with Gasteiger partial charge in [-0.2, -0.15) is 0 Å². The molecular weight excluding hydrogens is 301 g/mol. The van der Waals surface area contributed by atoms with Crippen LogP contribution in [0.15, 0.2) is 29.1 Å². The highest BCUT2D eigenvalue weighted by Gasteiger charge is 2.21. The molecule has 1 aromatic carbocycles. The van der Waals surface area contributed by atoms with E-state index in [1.807, 2.05) is 0 Å². The van der Waals surface area contributed by atoms with E-state index in [0.29, 0.717) is 43.6 Å². The third-order valence-corrected chi connectivity index (χ3v) is 4.05. The number of amides is 1. The highest BCUT2D eigenvalue weighted by molar-refractivity contribution is 5.78. The van der Waals surface area contributed by atoms with E-state index in [1.165, 1.54) is 25.3 Å². The summed E-state index contributed by atoms with van der Waals surface area (Å²) in [4.78, 5) is 30.5. The van der Waals surface area contributed by atoms with Crippen molar-refractivity contribution in [3.05, 3.63) is 46.0 Å². The number of methoxy groups -OCH3 is 1. The molecule has 23 heavy (non-hydrogen) atoms. The topological polar surface area (TPSA) is 65.6 Å². The highest BCUT2D eigenvalue weighted by Crippen LogP contribution is 2.12. The summed E-state index contributed by atoms with van der Waals surface area (Å²) in [6, 6.07) is 5.66. The summed E-state index contributed by atoms with van der Waals surface area (Å²) >= 11 is 0. The highest BCUT2D eigenvalue weighted by atomic mass is 19.1. The molecule has 1 N–H and O–H groups in total. The Bertz CT molecular complexity index is 782. The smallest absolute Gasteiger partial charge is 0.409 e. The van der Waals surface area contributed by atoms with E-state index in [9.17, 15) is 14.0 Å². The first-order valence-electron chi connectivity index (χ1n) is 7.43. The lowest BCUT2D eigenvalue weighted by Gasteiger charge is -2.33. The van der Waals surface area contributed by atoms with Crippen LogP contribution in [0, 0.1) is 5.82 Å². The van der Waals surface area contributed by atoms with Crippen molar-refractivity contribution < 1.29 is 13.9 Å². The number of piperazine rings is 1. The molecule has 0 bridgehead atoms. The Morgan fingerprint density at radius 1 is 1.26 bits per heavy atom. The zero-order valence-electron chi connectivity index (χ0n) is 12.8. The molecule has 0 radical (unpaired) electrons. The van der Waals surface area contributed by atoms with Crippen molar-refractivity contribution in [3.63, 3.8) is 0 Å². The van der Waals surface area contributed by atoms with Gasteiger partial charge in [-0.25, -0.2) is 9.18 Å². The van der Waals surface area contributed by atoms with Crippen molar-refractivity contribution in [1.29, 1.82) is 0 Å². The van der Waals surface area contributed by atoms with Crippen molar-refractivity contribution in [2.45, 2.75) is 6.54 Å². The zero-order valence-corrected chi connectivity index (χ0v) is 12.8. The van der Waals surface area contributed by atoms with Crippen LogP contribution in [-0.2, 0) is 11.3 Å². The Balaban J connectivity index is 1.72. The molecule has 0 saturated carbocycles. The van der Waals surface area contributed by atoms with Gasteiger partial charge in [0.05, 0.1) is 7.11 Å². The van der Waals surface area contributed by atoms with Crippen LogP contribution >= 0.6 is 0 Å². The lowest BCUT2D eigenvalue weighted by Crippen LogP contribution is -2.48. The molecule has 0 unspecified atom stereocenters. The quantitative estimate of drug-likeness (QED) is 0.912. The lowest BCUT2D eigenvalue weighted by molar-refractivity contribution is 0.0885. The first-order chi connectivity index (χ1) is 11.1. The van der Waals surface area contributed by atoms with E-state index in [-0.39, 0.29) is 11.5 Å². The maximum absolute atomic E-state index is 13.2. The van der Waals surface area contributed by atoms with Gasteiger partial charge in [0.15, 0.2) is 5.43 Å². The van der Waals surface area contributed by atoms with Gasteiger partial charge in [0.1, 0.15) is 5.82 Å². The number of pyridine rings is 1. The third kappa shape index (κ3) is 3.34. The monoisotopic (exact) mass is 319 g/mol. The normalized spacial score (nSPS) is 15.8. The molecule has 0 atom stereocenters. The van der Waals surface area contributed by atoms with Crippen LogP contribution in [0.25, 0.3) is 10.9 Å². The van der Waals surface area contributed by atoms with Gasteiger partial charge in [-0.1, -0.05) is 0 Å². The van der Waals surface area contributed by atoms with Crippen molar-refractivity contribution in [1.82, 2.24) is 14.8 Å². The molecule has 0 aliphatic carbocycles. The number of aromatic nitrogens is 1. The van der Waals surface area contributed by atoms with Crippen LogP contribution in [0.3, 0.4) is 0 Å². The number of halogens is 1. The van der Waals surface area contributed by atoms with Crippen LogP contribution in [0.5, 0.6) is 0 Å². The number of H-pyrrole nitrogens is 1. The second-order valence-corrected chi connectivity index (χ2v) is 5.58. The van der Waals surface area contributed by atoms with Crippen LogP contribution in [0.4, 0.5) is 9.18 Å². The van der Waals surface area contributed by atoms with Crippen molar-refractivity contribution in [2.24, 2.45) is 0 Å². The summed E-state index contributed by atoms with van der Waals surface area (Å²) in [5.74, 6) is -0.422. The third-order valence-electron chi connectivity index (χ3n) is 4.05. The number of rotatable bonds is 2. The van der Waals surface area contributed by atoms with Crippen LogP contribution in [0.2, 0.25) is 0 Å². The molecule has 1 aliphatic heterocycles. The maximum Gasteiger partial charge on any atom is 0.409 e. The minimum Gasteiger partial charge on any atom is -0.453 e. The first-order valence-corrected chi connectivity index (χ1v) is 7.43. The van der Waals surface area contributed by atoms with Gasteiger partial charge in [-0.15, -0.1) is 0 Å². The molecule has 1 aromatic heterocycles. The minimum absolute atomic E-state index is 0.193. The van der Waals surface area contributed by atoms with Gasteiger partial charge in [-0.05, 0) is 18.2 Å². The standard InChI is InChI=1S/C16H18FN3O3/c1-23-16(22)20-6-4-19(5-7-20)10-12-9-15(21)13-8-11(17)2-3-14(13)18-12/h2-3,8-9H,4-7,10H2,1H3,(H,18,21). The van der Waals surface area contributed by atoms with Crippen molar-refractivity contribution >= 4 is 17.0 Å². The number of carbonyl (C=O) groups excluding carboxylic acids is 1. The van der Waals surface area contributed by atoms with Crippen LogP contribution in [-0.4, -0.2) is 54.2 Å². The molecule has 2 heterocycles. The Morgan fingerprint density at radius 2 is 2.00 bits per heavy atom. The van der Waals surface area contributed by atoms with Crippen LogP contribution < -0.4 is 5.43 Å². The molecule has 2 aromatic rings. The molecular formula is C16H18FN3O3. The molecule has 1 fully saturated rings. The number of fused-ring (bicyclic) bond motifs is 1. The van der Waals surface area contributed by atoms with Gasteiger partial charge >= 0.3 is 6.09 Å². The number of hydrogen-bond acceptors (Lipinski definition) is 4. The molecule has 6 nitrogen and oxygen atoms in total. The zero-order chi connectivity index (χ0) is 16.4. The summed E-state index contributed by atoms with van der Waals surface area (Å²) in [6.45, 7) is 3.18. The predicted molar refractivity (Wildman–Crippen MR) is 83.8 cm³/mol. The second kappa shape index (κ2) is 6.37. The number of hydrogen-bond donors (Lipinski definition) is 1. The van der Waals surface area contributed by atoms with Crippen LogP contribution in [0.1, 0.15) is 5.69 Å². The predicted octanol–water partition coefficient (Wildman–Crippen LogP) is 1.55. The minimum atomic E-state index is -0.422. The number of nitrogens with zero attached hydrogens (tertiary/aromatic N) is 2. The molecule has 1 amide bonds. The van der Waals surface area contributed by atoms with E-state index in [2.05, 4.69) is 9.88 Å². The van der Waals surface area contributed by atoms with Crippen molar-refractivity contribution in [3.8, 4) is 0 Å². The fourth-order valence-electron chi connectivity index (χ4n) is 2.82. The summed E-state index contributed by atoms with van der Waals surface area (Å²) in [5.41, 5.74) is 1.21. The SMILES string of the molecule is COC(=O)N1CCN(Cc2cc(=O)c3cc(F)ccc3[nH]2)CC1. The fourth-order valence-corrected chi connectivity index (χ4v) is 2.82. The molecule has 7 heteroatoms. The number of benzene rings is 1. The van der Waals surface area contributed by atoms with E-state index in [4.69, 9.17) is 4.74 Å². The summed E-state index contributed by atoms with van der Waals surface area (Å²) in [5, 5.41) is 0.351. The number of carbonyl (C=O) groups is 1. The fraction of sp³-hybridized carbons (Fsp3) is 0.375. The van der Waals surface area contributed by atoms with Gasteiger partial charge in [0.25, 0.3) is 0 Å². The van der Waals surface area contributed by atoms with Gasteiger partial charge < -0.3 is 14.6 Å². The Morgan fingerprint density at radius 3 is 2.70 bits per heavy atom. The molecule has 1 aliphatic rings. The van der Waals surface area contributed by atoms with Gasteiger partial charge in [-0.3, -0.25) is 9.69 Å². The molecule has 122 valence electrons. The Kier molecular flexibility index (Phi) is 4.29. The average Bonchev–Trinajstić information content (AvgIpc) is 2.55. The molecule has 1 saturated heterocycles. The Labute approximate surface area is 132 Å². The Hall–Kier alpha value is -2.41. The van der Waals surface area contributed by atoms with Gasteiger partial charge in [0.2, 0.25) is 0 Å². The maximum atomic E-state index is 13.2. The number of nitrogens with one attached hydrogen (secondary N) is 1. The first kappa shape index (κ1) is 15.5. The van der Waals surface area contributed by atoms with E-state index < -0.39 is 5.82 Å². The largest absolute Gasteiger partial charge is 0.453 e. The number of ether oxygens (including phenoxy) is 1. The summed E-state index contributed by atoms with van der Waals surface area (Å²) in [6.07, 6.45) is -0.314. The van der Waals surface area contributed by atoms with Gasteiger partial charge in [0, 0.05) is 55.4 Å². The number of aromatic amines is 1. The van der Waals surface area contributed by atoms with E-state index >= 15 is 0 Å². The average molecular weight is 319 g/mol. The van der Waals surface area contributed by atoms with E-state index in [0.717, 1.165) is 5.69 Å².